The van der Waals surface area contributed by atoms with Crippen LogP contribution in [0.2, 0.25) is 0 Å². The van der Waals surface area contributed by atoms with Gasteiger partial charge in [-0.05, 0) is 37.1 Å². The molecule has 0 radical (unpaired) electrons. The molecule has 0 saturated carbocycles. The first kappa shape index (κ1) is 18.1. The minimum atomic E-state index is -0.493. The number of aryl methyl sites for hydroxylation is 1. The average molecular weight is 395 g/mol. The first-order valence-electron chi connectivity index (χ1n) is 8.74. The summed E-state index contributed by atoms with van der Waals surface area (Å²) >= 11 is 1.61. The number of fused-ring (bicyclic) bond motifs is 1. The SMILES string of the molecule is Cc1nc(-c2ccc3c(c2)CCN3C(=O)COc2cccc([N+](=O)[O-])c2)cs1. The molecule has 1 amide bonds. The van der Waals surface area contributed by atoms with Crippen LogP contribution >= 0.6 is 11.3 Å². The molecule has 4 rings (SSSR count). The van der Waals surface area contributed by atoms with Gasteiger partial charge in [-0.2, -0.15) is 0 Å². The Balaban J connectivity index is 1.46. The Morgan fingerprint density at radius 2 is 2.18 bits per heavy atom. The van der Waals surface area contributed by atoms with Crippen LogP contribution in [-0.2, 0) is 11.2 Å². The summed E-state index contributed by atoms with van der Waals surface area (Å²) in [5.41, 5.74) is 3.91. The van der Waals surface area contributed by atoms with Crippen molar-refractivity contribution in [2.45, 2.75) is 13.3 Å². The number of benzene rings is 2. The fourth-order valence-corrected chi connectivity index (χ4v) is 3.85. The van der Waals surface area contributed by atoms with Gasteiger partial charge in [0.05, 0.1) is 21.7 Å². The number of thiazole rings is 1. The highest BCUT2D eigenvalue weighted by Crippen LogP contribution is 2.33. The van der Waals surface area contributed by atoms with E-state index in [4.69, 9.17) is 4.74 Å². The van der Waals surface area contributed by atoms with Gasteiger partial charge in [0.15, 0.2) is 6.61 Å². The quantitative estimate of drug-likeness (QED) is 0.482. The lowest BCUT2D eigenvalue weighted by Crippen LogP contribution is -2.33. The van der Waals surface area contributed by atoms with Gasteiger partial charge in [0.1, 0.15) is 5.75 Å². The smallest absolute Gasteiger partial charge is 0.273 e. The van der Waals surface area contributed by atoms with E-state index in [0.29, 0.717) is 12.3 Å². The molecule has 8 heteroatoms. The Hall–Kier alpha value is -3.26. The van der Waals surface area contributed by atoms with E-state index < -0.39 is 4.92 Å². The number of nitro benzene ring substituents is 1. The van der Waals surface area contributed by atoms with Gasteiger partial charge in [-0.1, -0.05) is 12.1 Å². The van der Waals surface area contributed by atoms with Gasteiger partial charge in [-0.25, -0.2) is 4.98 Å². The molecule has 2 aromatic carbocycles. The zero-order chi connectivity index (χ0) is 19.7. The van der Waals surface area contributed by atoms with Gasteiger partial charge >= 0.3 is 0 Å². The second-order valence-electron chi connectivity index (χ2n) is 6.43. The highest BCUT2D eigenvalue weighted by molar-refractivity contribution is 7.09. The summed E-state index contributed by atoms with van der Waals surface area (Å²) in [7, 11) is 0. The normalized spacial score (nSPS) is 12.7. The molecule has 1 aromatic heterocycles. The Morgan fingerprint density at radius 3 is 2.93 bits per heavy atom. The van der Waals surface area contributed by atoms with Gasteiger partial charge in [0.2, 0.25) is 0 Å². The number of ether oxygens (including phenoxy) is 1. The van der Waals surface area contributed by atoms with E-state index in [1.54, 1.807) is 22.3 Å². The van der Waals surface area contributed by atoms with Crippen LogP contribution in [0.15, 0.2) is 47.8 Å². The number of non-ortho nitro benzene ring substituents is 1. The van der Waals surface area contributed by atoms with Gasteiger partial charge in [0.25, 0.3) is 11.6 Å². The maximum Gasteiger partial charge on any atom is 0.273 e. The molecule has 142 valence electrons. The predicted octanol–water partition coefficient (Wildman–Crippen LogP) is 3.99. The maximum absolute atomic E-state index is 12.6. The van der Waals surface area contributed by atoms with Crippen molar-refractivity contribution in [3.05, 3.63) is 68.5 Å². The van der Waals surface area contributed by atoms with Crippen LogP contribution in [0.1, 0.15) is 10.6 Å². The summed E-state index contributed by atoms with van der Waals surface area (Å²) in [5, 5.41) is 13.9. The number of aromatic nitrogens is 1. The van der Waals surface area contributed by atoms with E-state index in [1.165, 1.54) is 18.2 Å². The van der Waals surface area contributed by atoms with Gasteiger partial charge in [-0.15, -0.1) is 11.3 Å². The Labute approximate surface area is 165 Å². The maximum atomic E-state index is 12.6. The number of amides is 1. The van der Waals surface area contributed by atoms with Crippen LogP contribution in [-0.4, -0.2) is 29.0 Å². The third kappa shape index (κ3) is 3.59. The van der Waals surface area contributed by atoms with E-state index in [1.807, 2.05) is 24.4 Å². The lowest BCUT2D eigenvalue weighted by Gasteiger charge is -2.18. The lowest BCUT2D eigenvalue weighted by atomic mass is 10.1. The fraction of sp³-hybridized carbons (Fsp3) is 0.200. The van der Waals surface area contributed by atoms with Crippen molar-refractivity contribution >= 4 is 28.6 Å². The summed E-state index contributed by atoms with van der Waals surface area (Å²) in [6.07, 6.45) is 0.773. The summed E-state index contributed by atoms with van der Waals surface area (Å²) in [4.78, 5) is 29.2. The molecule has 7 nitrogen and oxygen atoms in total. The minimum Gasteiger partial charge on any atom is -0.483 e. The van der Waals surface area contributed by atoms with E-state index >= 15 is 0 Å². The molecule has 0 bridgehead atoms. The van der Waals surface area contributed by atoms with Crippen LogP contribution in [0.5, 0.6) is 5.75 Å². The van der Waals surface area contributed by atoms with Crippen molar-refractivity contribution in [3.63, 3.8) is 0 Å². The molecule has 28 heavy (non-hydrogen) atoms. The number of anilines is 1. The second kappa shape index (κ2) is 7.40. The first-order chi connectivity index (χ1) is 13.5. The third-order valence-corrected chi connectivity index (χ3v) is 5.36. The van der Waals surface area contributed by atoms with Gasteiger partial charge in [0, 0.05) is 29.2 Å². The second-order valence-corrected chi connectivity index (χ2v) is 7.50. The van der Waals surface area contributed by atoms with Crippen molar-refractivity contribution in [2.75, 3.05) is 18.1 Å². The predicted molar refractivity (Wildman–Crippen MR) is 107 cm³/mol. The molecule has 0 aliphatic carbocycles. The minimum absolute atomic E-state index is 0.0683. The average Bonchev–Trinajstić information content (AvgIpc) is 3.32. The molecule has 0 unspecified atom stereocenters. The molecule has 3 aromatic rings. The highest BCUT2D eigenvalue weighted by atomic mass is 32.1. The molecule has 0 atom stereocenters. The number of carbonyl (C=O) groups is 1. The molecule has 0 N–H and O–H groups in total. The standard InChI is InChI=1S/C20H17N3O4S/c1-13-21-18(12-28-13)14-5-6-19-15(9-14)7-8-22(19)20(24)11-27-17-4-2-3-16(10-17)23(25)26/h2-6,9-10,12H,7-8,11H2,1H3. The van der Waals surface area contributed by atoms with Crippen molar-refractivity contribution in [2.24, 2.45) is 0 Å². The summed E-state index contributed by atoms with van der Waals surface area (Å²) < 4.78 is 5.48. The number of hydrogen-bond donors (Lipinski definition) is 0. The molecule has 2 heterocycles. The molecule has 0 fully saturated rings. The van der Waals surface area contributed by atoms with Crippen molar-refractivity contribution in [3.8, 4) is 17.0 Å². The first-order valence-corrected chi connectivity index (χ1v) is 9.62. The Bertz CT molecular complexity index is 1060. The largest absolute Gasteiger partial charge is 0.483 e. The van der Waals surface area contributed by atoms with Crippen LogP contribution in [0.25, 0.3) is 11.3 Å². The molecule has 0 spiro atoms. The Morgan fingerprint density at radius 1 is 1.32 bits per heavy atom. The van der Waals surface area contributed by atoms with E-state index in [9.17, 15) is 14.9 Å². The lowest BCUT2D eigenvalue weighted by molar-refractivity contribution is -0.384. The number of rotatable bonds is 5. The monoisotopic (exact) mass is 395 g/mol. The van der Waals surface area contributed by atoms with Crippen LogP contribution in [0.3, 0.4) is 0 Å². The summed E-state index contributed by atoms with van der Waals surface area (Å²) in [6, 6.07) is 11.8. The topological polar surface area (TPSA) is 85.6 Å². The van der Waals surface area contributed by atoms with Crippen LogP contribution < -0.4 is 9.64 Å². The van der Waals surface area contributed by atoms with Crippen LogP contribution in [0, 0.1) is 17.0 Å². The van der Waals surface area contributed by atoms with E-state index in [2.05, 4.69) is 11.1 Å². The molecule has 0 saturated heterocycles. The summed E-state index contributed by atoms with van der Waals surface area (Å²) in [6.45, 7) is 2.39. The van der Waals surface area contributed by atoms with Crippen molar-refractivity contribution in [1.29, 1.82) is 0 Å². The molecule has 1 aliphatic heterocycles. The number of nitrogens with zero attached hydrogens (tertiary/aromatic N) is 3. The van der Waals surface area contributed by atoms with Gasteiger partial charge in [-0.3, -0.25) is 14.9 Å². The van der Waals surface area contributed by atoms with Gasteiger partial charge < -0.3 is 9.64 Å². The highest BCUT2D eigenvalue weighted by Gasteiger charge is 2.25. The fourth-order valence-electron chi connectivity index (χ4n) is 3.23. The number of carbonyl (C=O) groups excluding carboxylic acids is 1. The van der Waals surface area contributed by atoms with Crippen molar-refractivity contribution in [1.82, 2.24) is 4.98 Å². The van der Waals surface area contributed by atoms with E-state index in [0.717, 1.165) is 33.9 Å². The number of hydrogen-bond acceptors (Lipinski definition) is 6. The van der Waals surface area contributed by atoms with Crippen molar-refractivity contribution < 1.29 is 14.5 Å². The Kier molecular flexibility index (Phi) is 4.79. The zero-order valence-corrected chi connectivity index (χ0v) is 15.9. The summed E-state index contributed by atoms with van der Waals surface area (Å²) in [5.74, 6) is 0.124. The number of nitro groups is 1. The zero-order valence-electron chi connectivity index (χ0n) is 15.1. The molecular weight excluding hydrogens is 378 g/mol. The molecular formula is C20H17N3O4S. The van der Waals surface area contributed by atoms with E-state index in [-0.39, 0.29) is 18.2 Å². The molecule has 1 aliphatic rings. The third-order valence-electron chi connectivity index (χ3n) is 4.58. The van der Waals surface area contributed by atoms with Crippen LogP contribution in [0.4, 0.5) is 11.4 Å².